The highest BCUT2D eigenvalue weighted by atomic mass is 32.2. The van der Waals surface area contributed by atoms with Crippen LogP contribution in [0.2, 0.25) is 0 Å². The van der Waals surface area contributed by atoms with Gasteiger partial charge in [-0.2, -0.15) is 4.80 Å². The molecule has 0 spiro atoms. The van der Waals surface area contributed by atoms with Gasteiger partial charge in [0, 0.05) is 11.6 Å². The molecule has 0 bridgehead atoms. The third-order valence-electron chi connectivity index (χ3n) is 3.12. The molecule has 7 nitrogen and oxygen atoms in total. The minimum atomic E-state index is -3.31. The zero-order valence-corrected chi connectivity index (χ0v) is 13.5. The van der Waals surface area contributed by atoms with Crippen molar-refractivity contribution in [3.8, 4) is 0 Å². The molecule has 0 amide bonds. The quantitative estimate of drug-likeness (QED) is 0.818. The molecule has 20 heavy (non-hydrogen) atoms. The van der Waals surface area contributed by atoms with Gasteiger partial charge in [0.15, 0.2) is 15.7 Å². The summed E-state index contributed by atoms with van der Waals surface area (Å²) in [6.07, 6.45) is 2.06. The van der Waals surface area contributed by atoms with Crippen LogP contribution in [0, 0.1) is 0 Å². The largest absolute Gasteiger partial charge is 0.244 e. The first kappa shape index (κ1) is 15.0. The van der Waals surface area contributed by atoms with Gasteiger partial charge in [-0.15, -0.1) is 21.5 Å². The smallest absolute Gasteiger partial charge is 0.195 e. The average molecular weight is 315 g/mol. The Bertz CT molecular complexity index is 702. The summed E-state index contributed by atoms with van der Waals surface area (Å²) in [5, 5.41) is 14.9. The van der Waals surface area contributed by atoms with Crippen LogP contribution in [0.3, 0.4) is 0 Å². The topological polar surface area (TPSA) is 90.6 Å². The molecule has 0 radical (unpaired) electrons. The Kier molecular flexibility index (Phi) is 3.92. The van der Waals surface area contributed by atoms with Gasteiger partial charge in [0.2, 0.25) is 0 Å². The SMILES string of the molecule is CCc1nc(Cn2nnc(C(C)(C)S(C)(=O)=O)n2)cs1. The van der Waals surface area contributed by atoms with Gasteiger partial charge in [-0.25, -0.2) is 13.4 Å². The van der Waals surface area contributed by atoms with E-state index in [1.165, 1.54) is 11.1 Å². The average Bonchev–Trinajstić information content (AvgIpc) is 2.97. The van der Waals surface area contributed by atoms with Gasteiger partial charge in [0.1, 0.15) is 11.3 Å². The summed E-state index contributed by atoms with van der Waals surface area (Å²) in [7, 11) is -3.31. The number of hydrogen-bond donors (Lipinski definition) is 0. The molecule has 0 saturated carbocycles. The molecule has 0 N–H and O–H groups in total. The zero-order chi connectivity index (χ0) is 15.0. The Labute approximate surface area is 122 Å². The van der Waals surface area contributed by atoms with E-state index in [4.69, 9.17) is 0 Å². The maximum Gasteiger partial charge on any atom is 0.195 e. The monoisotopic (exact) mass is 315 g/mol. The van der Waals surface area contributed by atoms with E-state index < -0.39 is 14.6 Å². The van der Waals surface area contributed by atoms with Crippen LogP contribution in [0.25, 0.3) is 0 Å². The lowest BCUT2D eigenvalue weighted by Crippen LogP contribution is -2.29. The maximum atomic E-state index is 11.7. The van der Waals surface area contributed by atoms with Gasteiger partial charge < -0.3 is 0 Å². The minimum absolute atomic E-state index is 0.200. The van der Waals surface area contributed by atoms with E-state index in [1.54, 1.807) is 25.2 Å². The van der Waals surface area contributed by atoms with Gasteiger partial charge >= 0.3 is 0 Å². The van der Waals surface area contributed by atoms with Crippen LogP contribution in [0.5, 0.6) is 0 Å². The number of hydrogen-bond acceptors (Lipinski definition) is 7. The molecule has 0 aromatic carbocycles. The molecule has 0 unspecified atom stereocenters. The van der Waals surface area contributed by atoms with E-state index in [2.05, 4.69) is 20.4 Å². The summed E-state index contributed by atoms with van der Waals surface area (Å²) >= 11 is 1.59. The molecule has 0 saturated heterocycles. The summed E-state index contributed by atoms with van der Waals surface area (Å²) in [5.41, 5.74) is 0.855. The zero-order valence-electron chi connectivity index (χ0n) is 11.9. The summed E-state index contributed by atoms with van der Waals surface area (Å²) in [6.45, 7) is 5.58. The molecule has 9 heteroatoms. The molecule has 0 aliphatic rings. The number of tetrazole rings is 1. The Morgan fingerprint density at radius 1 is 1.40 bits per heavy atom. The number of thiazole rings is 1. The van der Waals surface area contributed by atoms with Crippen molar-refractivity contribution in [1.29, 1.82) is 0 Å². The van der Waals surface area contributed by atoms with Crippen LogP contribution in [-0.2, 0) is 27.5 Å². The normalized spacial score (nSPS) is 12.8. The molecule has 110 valence electrons. The number of sulfone groups is 1. The molecular weight excluding hydrogens is 298 g/mol. The number of aromatic nitrogens is 5. The predicted molar refractivity (Wildman–Crippen MR) is 76.3 cm³/mol. The predicted octanol–water partition coefficient (Wildman–Crippen LogP) is 1.02. The maximum absolute atomic E-state index is 11.7. The number of nitrogens with zero attached hydrogens (tertiary/aromatic N) is 5. The Morgan fingerprint density at radius 2 is 2.10 bits per heavy atom. The van der Waals surface area contributed by atoms with E-state index in [0.29, 0.717) is 6.54 Å². The van der Waals surface area contributed by atoms with Crippen LogP contribution >= 0.6 is 11.3 Å². The molecule has 0 aliphatic carbocycles. The van der Waals surface area contributed by atoms with Gasteiger partial charge in [-0.3, -0.25) is 0 Å². The lowest BCUT2D eigenvalue weighted by atomic mass is 10.2. The van der Waals surface area contributed by atoms with Crippen molar-refractivity contribution in [2.75, 3.05) is 6.26 Å². The van der Waals surface area contributed by atoms with Crippen molar-refractivity contribution in [3.05, 3.63) is 21.9 Å². The summed E-state index contributed by atoms with van der Waals surface area (Å²) in [6, 6.07) is 0. The lowest BCUT2D eigenvalue weighted by molar-refractivity contribution is 0.539. The van der Waals surface area contributed by atoms with Gasteiger partial charge in [-0.05, 0) is 25.5 Å². The van der Waals surface area contributed by atoms with Crippen molar-refractivity contribution in [3.63, 3.8) is 0 Å². The number of rotatable bonds is 5. The second-order valence-electron chi connectivity index (χ2n) is 5.01. The highest BCUT2D eigenvalue weighted by Crippen LogP contribution is 2.25. The second-order valence-corrected chi connectivity index (χ2v) is 8.52. The molecule has 2 heterocycles. The van der Waals surface area contributed by atoms with Crippen LogP contribution in [0.4, 0.5) is 0 Å². The van der Waals surface area contributed by atoms with Gasteiger partial charge in [0.05, 0.1) is 10.7 Å². The van der Waals surface area contributed by atoms with Crippen LogP contribution in [-0.4, -0.2) is 39.9 Å². The third-order valence-corrected chi connectivity index (χ3v) is 6.20. The van der Waals surface area contributed by atoms with E-state index in [9.17, 15) is 8.42 Å². The van der Waals surface area contributed by atoms with Crippen molar-refractivity contribution in [2.24, 2.45) is 0 Å². The molecule has 2 aromatic rings. The van der Waals surface area contributed by atoms with E-state index in [1.807, 2.05) is 12.3 Å². The fraction of sp³-hybridized carbons (Fsp3) is 0.636. The molecule has 2 aromatic heterocycles. The third kappa shape index (κ3) is 2.88. The Balaban J connectivity index is 2.21. The summed E-state index contributed by atoms with van der Waals surface area (Å²) < 4.78 is 22.3. The molecule has 0 aliphatic heterocycles. The standard InChI is InChI=1S/C11H17N5O2S2/c1-5-9-12-8(7-19-9)6-16-14-10(13-15-16)11(2,3)20(4,17)18/h7H,5-6H2,1-4H3. The molecule has 2 rings (SSSR count). The van der Waals surface area contributed by atoms with E-state index >= 15 is 0 Å². The first-order valence-corrected chi connectivity index (χ1v) is 8.92. The van der Waals surface area contributed by atoms with Gasteiger partial charge in [0.25, 0.3) is 0 Å². The van der Waals surface area contributed by atoms with Crippen molar-refractivity contribution >= 4 is 21.2 Å². The van der Waals surface area contributed by atoms with Crippen LogP contribution in [0.15, 0.2) is 5.38 Å². The van der Waals surface area contributed by atoms with E-state index in [-0.39, 0.29) is 5.82 Å². The highest BCUT2D eigenvalue weighted by molar-refractivity contribution is 7.91. The second kappa shape index (κ2) is 5.21. The Morgan fingerprint density at radius 3 is 2.65 bits per heavy atom. The van der Waals surface area contributed by atoms with Crippen LogP contribution < -0.4 is 0 Å². The fourth-order valence-electron chi connectivity index (χ4n) is 1.45. The van der Waals surface area contributed by atoms with E-state index in [0.717, 1.165) is 17.1 Å². The van der Waals surface area contributed by atoms with Crippen molar-refractivity contribution < 1.29 is 8.42 Å². The van der Waals surface area contributed by atoms with Crippen LogP contribution in [0.1, 0.15) is 37.3 Å². The molecular formula is C11H17N5O2S2. The van der Waals surface area contributed by atoms with Crippen molar-refractivity contribution in [2.45, 2.75) is 38.5 Å². The molecule has 0 fully saturated rings. The molecule has 0 atom stereocenters. The van der Waals surface area contributed by atoms with Crippen molar-refractivity contribution in [1.82, 2.24) is 25.2 Å². The number of aryl methyl sites for hydroxylation is 1. The first-order valence-electron chi connectivity index (χ1n) is 6.15. The summed E-state index contributed by atoms with van der Waals surface area (Å²) in [5.74, 6) is 0.200. The summed E-state index contributed by atoms with van der Waals surface area (Å²) in [4.78, 5) is 5.79. The fourth-order valence-corrected chi connectivity index (χ4v) is 2.60. The first-order chi connectivity index (χ1) is 9.24. The lowest BCUT2D eigenvalue weighted by Gasteiger charge is -2.17. The minimum Gasteiger partial charge on any atom is -0.244 e. The highest BCUT2D eigenvalue weighted by Gasteiger charge is 2.37. The van der Waals surface area contributed by atoms with Gasteiger partial charge in [-0.1, -0.05) is 6.92 Å². The Hall–Kier alpha value is -1.35.